The summed E-state index contributed by atoms with van der Waals surface area (Å²) in [4.78, 5) is 17.5. The van der Waals surface area contributed by atoms with E-state index in [-0.39, 0.29) is 17.9 Å². The quantitative estimate of drug-likeness (QED) is 0.610. The van der Waals surface area contributed by atoms with Gasteiger partial charge in [0.25, 0.3) is 5.91 Å². The Morgan fingerprint density at radius 3 is 2.77 bits per heavy atom. The molecule has 132 valence electrons. The lowest BCUT2D eigenvalue weighted by Gasteiger charge is -2.22. The molecule has 1 unspecified atom stereocenters. The molecular weight excluding hydrogens is 330 g/mol. The molecule has 0 bridgehead atoms. The molecule has 1 amide bonds. The van der Waals surface area contributed by atoms with Crippen LogP contribution in [0.4, 0.5) is 0 Å². The van der Waals surface area contributed by atoms with Crippen molar-refractivity contribution < 1.29 is 4.79 Å². The monoisotopic (exact) mass is 349 g/mol. The standard InChI is InChI=1S/C18H19N7O/c1-11(2)16(17-19-13-6-4-5-7-14(13)24(17)3)20-18(26)12-8-9-25-15(10-12)21-22-23-25/h4-11,16H,1-3H3,(H,20,26). The van der Waals surface area contributed by atoms with Crippen molar-refractivity contribution in [2.45, 2.75) is 19.9 Å². The lowest BCUT2D eigenvalue weighted by atomic mass is 10.0. The molecule has 0 aliphatic carbocycles. The van der Waals surface area contributed by atoms with Gasteiger partial charge in [-0.1, -0.05) is 26.0 Å². The summed E-state index contributed by atoms with van der Waals surface area (Å²) in [5, 5.41) is 14.4. The highest BCUT2D eigenvalue weighted by Crippen LogP contribution is 2.25. The molecule has 3 aromatic heterocycles. The second-order valence-corrected chi connectivity index (χ2v) is 6.61. The number of rotatable bonds is 4. The summed E-state index contributed by atoms with van der Waals surface area (Å²) in [6, 6.07) is 11.1. The number of aryl methyl sites for hydroxylation is 1. The van der Waals surface area contributed by atoms with E-state index in [2.05, 4.69) is 34.7 Å². The lowest BCUT2D eigenvalue weighted by molar-refractivity contribution is 0.0922. The van der Waals surface area contributed by atoms with E-state index < -0.39 is 0 Å². The van der Waals surface area contributed by atoms with Gasteiger partial charge >= 0.3 is 0 Å². The molecule has 0 saturated heterocycles. The van der Waals surface area contributed by atoms with Gasteiger partial charge in [-0.25, -0.2) is 9.50 Å². The second-order valence-electron chi connectivity index (χ2n) is 6.61. The Morgan fingerprint density at radius 1 is 1.19 bits per heavy atom. The summed E-state index contributed by atoms with van der Waals surface area (Å²) < 4.78 is 3.55. The van der Waals surface area contributed by atoms with Gasteiger partial charge in [0.15, 0.2) is 5.65 Å². The number of hydrogen-bond donors (Lipinski definition) is 1. The molecule has 8 heteroatoms. The molecule has 1 N–H and O–H groups in total. The van der Waals surface area contributed by atoms with Crippen LogP contribution < -0.4 is 5.32 Å². The van der Waals surface area contributed by atoms with Crippen LogP contribution in [0.25, 0.3) is 16.7 Å². The Bertz CT molecular complexity index is 1100. The van der Waals surface area contributed by atoms with E-state index in [1.807, 2.05) is 35.9 Å². The zero-order valence-electron chi connectivity index (χ0n) is 14.8. The third-order valence-corrected chi connectivity index (χ3v) is 4.51. The van der Waals surface area contributed by atoms with Crippen molar-refractivity contribution in [3.8, 4) is 0 Å². The van der Waals surface area contributed by atoms with Crippen molar-refractivity contribution in [2.24, 2.45) is 13.0 Å². The number of hydrogen-bond acceptors (Lipinski definition) is 5. The molecule has 8 nitrogen and oxygen atoms in total. The largest absolute Gasteiger partial charge is 0.342 e. The van der Waals surface area contributed by atoms with Crippen LogP contribution in [0.15, 0.2) is 42.6 Å². The Balaban J connectivity index is 1.67. The van der Waals surface area contributed by atoms with Crippen molar-refractivity contribution >= 4 is 22.6 Å². The summed E-state index contributed by atoms with van der Waals surface area (Å²) >= 11 is 0. The zero-order valence-corrected chi connectivity index (χ0v) is 14.8. The minimum atomic E-state index is -0.216. The molecular formula is C18H19N7O. The van der Waals surface area contributed by atoms with Gasteiger partial charge in [0.2, 0.25) is 0 Å². The number of fused-ring (bicyclic) bond motifs is 2. The number of aromatic nitrogens is 6. The van der Waals surface area contributed by atoms with Crippen LogP contribution in [-0.4, -0.2) is 35.5 Å². The number of tetrazole rings is 1. The molecule has 0 aliphatic rings. The van der Waals surface area contributed by atoms with Gasteiger partial charge in [0.05, 0.1) is 17.1 Å². The molecule has 0 fully saturated rings. The van der Waals surface area contributed by atoms with E-state index in [4.69, 9.17) is 4.98 Å². The molecule has 4 aromatic rings. The van der Waals surface area contributed by atoms with E-state index in [9.17, 15) is 4.79 Å². The van der Waals surface area contributed by atoms with Gasteiger partial charge in [-0.3, -0.25) is 4.79 Å². The number of imidazole rings is 1. The van der Waals surface area contributed by atoms with Crippen LogP contribution in [0.2, 0.25) is 0 Å². The van der Waals surface area contributed by atoms with Gasteiger partial charge in [-0.2, -0.15) is 0 Å². The minimum Gasteiger partial charge on any atom is -0.342 e. The van der Waals surface area contributed by atoms with E-state index in [1.54, 1.807) is 18.3 Å². The number of para-hydroxylation sites is 2. The van der Waals surface area contributed by atoms with Gasteiger partial charge in [0, 0.05) is 18.8 Å². The highest BCUT2D eigenvalue weighted by Gasteiger charge is 2.24. The first-order valence-electron chi connectivity index (χ1n) is 8.44. The van der Waals surface area contributed by atoms with Crippen LogP contribution in [0.5, 0.6) is 0 Å². The molecule has 3 heterocycles. The fraction of sp³-hybridized carbons (Fsp3) is 0.278. The Kier molecular flexibility index (Phi) is 3.87. The molecule has 4 rings (SSSR count). The number of amides is 1. The van der Waals surface area contributed by atoms with E-state index in [0.29, 0.717) is 11.2 Å². The first kappa shape index (κ1) is 16.2. The SMILES string of the molecule is CC(C)C(NC(=O)c1ccn2nnnc2c1)c1nc2ccccc2n1C. The van der Waals surface area contributed by atoms with Crippen molar-refractivity contribution in [2.75, 3.05) is 0 Å². The maximum atomic E-state index is 12.8. The average molecular weight is 349 g/mol. The Hall–Kier alpha value is -3.29. The third kappa shape index (κ3) is 2.69. The summed E-state index contributed by atoms with van der Waals surface area (Å²) in [6.07, 6.45) is 1.67. The van der Waals surface area contributed by atoms with Crippen molar-refractivity contribution in [3.05, 3.63) is 54.0 Å². The highest BCUT2D eigenvalue weighted by atomic mass is 16.1. The predicted molar refractivity (Wildman–Crippen MR) is 96.5 cm³/mol. The topological polar surface area (TPSA) is 90.0 Å². The first-order valence-corrected chi connectivity index (χ1v) is 8.44. The van der Waals surface area contributed by atoms with Crippen LogP contribution in [-0.2, 0) is 7.05 Å². The molecule has 26 heavy (non-hydrogen) atoms. The fourth-order valence-corrected chi connectivity index (χ4v) is 3.08. The van der Waals surface area contributed by atoms with Gasteiger partial charge in [0.1, 0.15) is 5.82 Å². The molecule has 0 saturated carbocycles. The van der Waals surface area contributed by atoms with Crippen molar-refractivity contribution in [3.63, 3.8) is 0 Å². The van der Waals surface area contributed by atoms with Gasteiger partial charge in [-0.15, -0.1) is 5.10 Å². The van der Waals surface area contributed by atoms with E-state index in [0.717, 1.165) is 16.9 Å². The number of carbonyl (C=O) groups excluding carboxylic acids is 1. The average Bonchev–Trinajstić information content (AvgIpc) is 3.23. The van der Waals surface area contributed by atoms with Crippen LogP contribution in [0.1, 0.15) is 36.1 Å². The second kappa shape index (κ2) is 6.21. The molecule has 1 aromatic carbocycles. The van der Waals surface area contributed by atoms with Crippen molar-refractivity contribution in [1.29, 1.82) is 0 Å². The predicted octanol–water partition coefficient (Wildman–Crippen LogP) is 2.14. The Morgan fingerprint density at radius 2 is 2.00 bits per heavy atom. The molecule has 1 atom stereocenters. The summed E-state index contributed by atoms with van der Waals surface area (Å²) in [7, 11) is 1.97. The van der Waals surface area contributed by atoms with Crippen LogP contribution >= 0.6 is 0 Å². The Labute approximate surface area is 149 Å². The normalized spacial score (nSPS) is 12.8. The number of benzene rings is 1. The lowest BCUT2D eigenvalue weighted by Crippen LogP contribution is -2.33. The fourth-order valence-electron chi connectivity index (χ4n) is 3.08. The third-order valence-electron chi connectivity index (χ3n) is 4.51. The molecule has 0 aliphatic heterocycles. The first-order chi connectivity index (χ1) is 12.5. The van der Waals surface area contributed by atoms with Crippen LogP contribution in [0.3, 0.4) is 0 Å². The smallest absolute Gasteiger partial charge is 0.252 e. The molecule has 0 spiro atoms. The molecule has 0 radical (unpaired) electrons. The summed E-state index contributed by atoms with van der Waals surface area (Å²) in [6.45, 7) is 4.13. The number of carbonyl (C=O) groups is 1. The van der Waals surface area contributed by atoms with E-state index in [1.165, 1.54) is 4.52 Å². The van der Waals surface area contributed by atoms with Gasteiger partial charge in [-0.05, 0) is 40.6 Å². The number of nitrogens with one attached hydrogen (secondary N) is 1. The minimum absolute atomic E-state index is 0.174. The summed E-state index contributed by atoms with van der Waals surface area (Å²) in [5.41, 5.74) is 3.00. The van der Waals surface area contributed by atoms with Crippen molar-refractivity contribution in [1.82, 2.24) is 34.9 Å². The number of nitrogens with zero attached hydrogens (tertiary/aromatic N) is 6. The van der Waals surface area contributed by atoms with Crippen LogP contribution in [0, 0.1) is 5.92 Å². The zero-order chi connectivity index (χ0) is 18.3. The van der Waals surface area contributed by atoms with Gasteiger partial charge < -0.3 is 9.88 Å². The maximum absolute atomic E-state index is 12.8. The number of pyridine rings is 1. The maximum Gasteiger partial charge on any atom is 0.252 e. The highest BCUT2D eigenvalue weighted by molar-refractivity contribution is 5.95. The van der Waals surface area contributed by atoms with E-state index >= 15 is 0 Å². The summed E-state index contributed by atoms with van der Waals surface area (Å²) in [5.74, 6) is 0.828.